The van der Waals surface area contributed by atoms with Crippen molar-refractivity contribution in [2.75, 3.05) is 31.1 Å². The highest BCUT2D eigenvalue weighted by Crippen LogP contribution is 2.20. The molecule has 0 unspecified atom stereocenters. The molecule has 1 fully saturated rings. The van der Waals surface area contributed by atoms with Crippen molar-refractivity contribution >= 4 is 17.5 Å². The van der Waals surface area contributed by atoms with E-state index in [1.807, 2.05) is 13.8 Å². The van der Waals surface area contributed by atoms with Gasteiger partial charge in [-0.05, 0) is 55.7 Å². The molecule has 2 N–H and O–H groups in total. The molecule has 0 saturated carbocycles. The topological polar surface area (TPSA) is 61.4 Å². The van der Waals surface area contributed by atoms with E-state index in [4.69, 9.17) is 0 Å². The highest BCUT2D eigenvalue weighted by molar-refractivity contribution is 6.35. The number of benzene rings is 1. The molecule has 0 radical (unpaired) electrons. The second-order valence-corrected chi connectivity index (χ2v) is 7.18. The van der Waals surface area contributed by atoms with Crippen LogP contribution in [0.1, 0.15) is 45.1 Å². The summed E-state index contributed by atoms with van der Waals surface area (Å²) in [5.41, 5.74) is 2.57. The van der Waals surface area contributed by atoms with E-state index in [0.717, 1.165) is 25.9 Å². The third kappa shape index (κ3) is 6.77. The van der Waals surface area contributed by atoms with Crippen LogP contribution in [0.15, 0.2) is 24.3 Å². The van der Waals surface area contributed by atoms with Gasteiger partial charge in [0.1, 0.15) is 0 Å². The minimum atomic E-state index is -0.542. The van der Waals surface area contributed by atoms with E-state index in [2.05, 4.69) is 39.8 Å². The molecule has 0 bridgehead atoms. The van der Waals surface area contributed by atoms with Crippen LogP contribution in [0.3, 0.4) is 0 Å². The lowest BCUT2D eigenvalue weighted by atomic mass is 10.1. The van der Waals surface area contributed by atoms with Crippen molar-refractivity contribution < 1.29 is 9.59 Å². The zero-order chi connectivity index (χ0) is 18.1. The molecule has 1 saturated heterocycles. The second kappa shape index (κ2) is 10.1. The van der Waals surface area contributed by atoms with E-state index in [0.29, 0.717) is 19.0 Å². The number of amides is 2. The van der Waals surface area contributed by atoms with Gasteiger partial charge in [-0.15, -0.1) is 0 Å². The Morgan fingerprint density at radius 3 is 2.28 bits per heavy atom. The lowest BCUT2D eigenvalue weighted by molar-refractivity contribution is -0.139. The number of carbonyl (C=O) groups excluding carboxylic acids is 2. The zero-order valence-electron chi connectivity index (χ0n) is 15.5. The van der Waals surface area contributed by atoms with Crippen LogP contribution in [0, 0.1) is 5.92 Å². The number of nitrogens with zero attached hydrogens (tertiary/aromatic N) is 1. The first-order valence-electron chi connectivity index (χ1n) is 9.46. The largest absolute Gasteiger partial charge is 0.372 e. The molecule has 0 atom stereocenters. The number of anilines is 1. The first-order valence-corrected chi connectivity index (χ1v) is 9.46. The Hall–Kier alpha value is -2.04. The van der Waals surface area contributed by atoms with Gasteiger partial charge < -0.3 is 15.5 Å². The van der Waals surface area contributed by atoms with Gasteiger partial charge in [-0.3, -0.25) is 9.59 Å². The quantitative estimate of drug-likeness (QED) is 0.590. The van der Waals surface area contributed by atoms with Crippen molar-refractivity contribution in [1.29, 1.82) is 0 Å². The minimum absolute atomic E-state index is 0.338. The van der Waals surface area contributed by atoms with E-state index >= 15 is 0 Å². The summed E-state index contributed by atoms with van der Waals surface area (Å²) in [6.07, 6.45) is 5.63. The summed E-state index contributed by atoms with van der Waals surface area (Å²) < 4.78 is 0. The fourth-order valence-corrected chi connectivity index (χ4v) is 2.98. The van der Waals surface area contributed by atoms with E-state index in [1.54, 1.807) is 0 Å². The molecule has 1 aromatic rings. The van der Waals surface area contributed by atoms with Crippen LogP contribution in [-0.4, -0.2) is 38.0 Å². The Kier molecular flexibility index (Phi) is 7.76. The van der Waals surface area contributed by atoms with Crippen LogP contribution >= 0.6 is 0 Å². The van der Waals surface area contributed by atoms with Crippen molar-refractivity contribution in [2.24, 2.45) is 5.92 Å². The maximum absolute atomic E-state index is 11.7. The molecule has 0 aromatic heterocycles. The fourth-order valence-electron chi connectivity index (χ4n) is 2.98. The van der Waals surface area contributed by atoms with E-state index < -0.39 is 11.8 Å². The molecule has 2 rings (SSSR count). The van der Waals surface area contributed by atoms with Crippen molar-refractivity contribution in [1.82, 2.24) is 10.6 Å². The molecule has 25 heavy (non-hydrogen) atoms. The van der Waals surface area contributed by atoms with Gasteiger partial charge >= 0.3 is 11.8 Å². The van der Waals surface area contributed by atoms with E-state index in [9.17, 15) is 9.59 Å². The van der Waals surface area contributed by atoms with E-state index in [-0.39, 0.29) is 0 Å². The van der Waals surface area contributed by atoms with Gasteiger partial charge in [-0.25, -0.2) is 0 Å². The summed E-state index contributed by atoms with van der Waals surface area (Å²) in [6, 6.07) is 8.72. The van der Waals surface area contributed by atoms with Crippen LogP contribution in [0.5, 0.6) is 0 Å². The lowest BCUT2D eigenvalue weighted by Crippen LogP contribution is -2.41. The Labute approximate surface area is 151 Å². The minimum Gasteiger partial charge on any atom is -0.372 e. The predicted molar refractivity (Wildman–Crippen MR) is 102 cm³/mol. The predicted octanol–water partition coefficient (Wildman–Crippen LogP) is 2.50. The number of carbonyl (C=O) groups is 2. The number of piperidine rings is 1. The monoisotopic (exact) mass is 345 g/mol. The normalized spacial score (nSPS) is 14.4. The third-order valence-electron chi connectivity index (χ3n) is 4.46. The summed E-state index contributed by atoms with van der Waals surface area (Å²) in [5, 5.41) is 5.30. The van der Waals surface area contributed by atoms with Crippen LogP contribution in [0.25, 0.3) is 0 Å². The molecule has 1 aliphatic rings. The zero-order valence-corrected chi connectivity index (χ0v) is 15.5. The van der Waals surface area contributed by atoms with Gasteiger partial charge in [-0.1, -0.05) is 26.0 Å². The SMILES string of the molecule is CC(C)CNC(=O)C(=O)NCCCc1ccc(N2CCCCC2)cc1. The average Bonchev–Trinajstić information content (AvgIpc) is 2.64. The molecular weight excluding hydrogens is 314 g/mol. The van der Waals surface area contributed by atoms with Gasteiger partial charge in [-0.2, -0.15) is 0 Å². The molecule has 2 amide bonds. The smallest absolute Gasteiger partial charge is 0.309 e. The lowest BCUT2D eigenvalue weighted by Gasteiger charge is -2.28. The molecule has 0 aliphatic carbocycles. The van der Waals surface area contributed by atoms with Crippen LogP contribution in [0.2, 0.25) is 0 Å². The summed E-state index contributed by atoms with van der Waals surface area (Å²) in [4.78, 5) is 25.7. The van der Waals surface area contributed by atoms with Crippen molar-refractivity contribution in [2.45, 2.75) is 46.0 Å². The molecule has 1 heterocycles. The molecule has 0 spiro atoms. The molecule has 138 valence electrons. The first kappa shape index (κ1) is 19.3. The highest BCUT2D eigenvalue weighted by Gasteiger charge is 2.13. The number of aryl methyl sites for hydroxylation is 1. The van der Waals surface area contributed by atoms with Gasteiger partial charge in [0.15, 0.2) is 0 Å². The maximum atomic E-state index is 11.7. The Balaban J connectivity index is 1.66. The van der Waals surface area contributed by atoms with E-state index in [1.165, 1.54) is 30.5 Å². The number of hydrogen-bond donors (Lipinski definition) is 2. The average molecular weight is 345 g/mol. The third-order valence-corrected chi connectivity index (χ3v) is 4.46. The summed E-state index contributed by atoms with van der Waals surface area (Å²) in [5.74, 6) is -0.745. The van der Waals surface area contributed by atoms with Gasteiger partial charge in [0, 0.05) is 31.9 Å². The van der Waals surface area contributed by atoms with Crippen molar-refractivity contribution in [3.05, 3.63) is 29.8 Å². The van der Waals surface area contributed by atoms with Crippen LogP contribution < -0.4 is 15.5 Å². The molecule has 1 aliphatic heterocycles. The number of nitrogens with one attached hydrogen (secondary N) is 2. The number of rotatable bonds is 7. The standard InChI is InChI=1S/C20H31N3O2/c1-16(2)15-22-20(25)19(24)21-12-6-7-17-8-10-18(11-9-17)23-13-4-3-5-14-23/h8-11,16H,3-7,12-15H2,1-2H3,(H,21,24)(H,22,25). The molecule has 5 heteroatoms. The molecule has 1 aromatic carbocycles. The van der Waals surface area contributed by atoms with Crippen LogP contribution in [0.4, 0.5) is 5.69 Å². The Morgan fingerprint density at radius 2 is 1.64 bits per heavy atom. The Bertz CT molecular complexity index is 549. The van der Waals surface area contributed by atoms with Crippen molar-refractivity contribution in [3.8, 4) is 0 Å². The van der Waals surface area contributed by atoms with Gasteiger partial charge in [0.2, 0.25) is 0 Å². The van der Waals surface area contributed by atoms with Crippen LogP contribution in [-0.2, 0) is 16.0 Å². The summed E-state index contributed by atoms with van der Waals surface area (Å²) in [6.45, 7) is 7.34. The molecular formula is C20H31N3O2. The van der Waals surface area contributed by atoms with Gasteiger partial charge in [0.05, 0.1) is 0 Å². The summed E-state index contributed by atoms with van der Waals surface area (Å²) >= 11 is 0. The fraction of sp³-hybridized carbons (Fsp3) is 0.600. The van der Waals surface area contributed by atoms with Gasteiger partial charge in [0.25, 0.3) is 0 Å². The maximum Gasteiger partial charge on any atom is 0.309 e. The summed E-state index contributed by atoms with van der Waals surface area (Å²) in [7, 11) is 0. The Morgan fingerprint density at radius 1 is 1.00 bits per heavy atom. The number of hydrogen-bond acceptors (Lipinski definition) is 3. The van der Waals surface area contributed by atoms with Crippen molar-refractivity contribution in [3.63, 3.8) is 0 Å². The first-order chi connectivity index (χ1) is 12.1. The molecule has 5 nitrogen and oxygen atoms in total. The second-order valence-electron chi connectivity index (χ2n) is 7.18. The highest BCUT2D eigenvalue weighted by atomic mass is 16.2.